The molecule has 4 nitrogen and oxygen atoms in total. The lowest BCUT2D eigenvalue weighted by Gasteiger charge is -2.05. The summed E-state index contributed by atoms with van der Waals surface area (Å²) < 4.78 is 5.24. The summed E-state index contributed by atoms with van der Waals surface area (Å²) in [4.78, 5) is 4.37. The van der Waals surface area contributed by atoms with Crippen LogP contribution in [0, 0.1) is 0 Å². The van der Waals surface area contributed by atoms with Crippen LogP contribution in [-0.2, 0) is 12.4 Å². The molecule has 2 aromatic carbocycles. The molecule has 0 aliphatic rings. The maximum Gasteiger partial charge on any atom is 0.159 e. The monoisotopic (exact) mass is 302 g/mol. The average Bonchev–Trinajstić information content (AvgIpc) is 2.54. The fraction of sp³-hybridized carbons (Fsp3) is 0.188. The Hall–Kier alpha value is -1.98. The summed E-state index contributed by atoms with van der Waals surface area (Å²) in [7, 11) is 1.61. The average molecular weight is 302 g/mol. The molecule has 5 heteroatoms. The number of nitrogens with zero attached hydrogens (tertiary/aromatic N) is 1. The van der Waals surface area contributed by atoms with Crippen LogP contribution in [0.3, 0.4) is 0 Å². The largest absolute Gasteiger partial charge is 0.494 e. The van der Waals surface area contributed by atoms with Crippen molar-refractivity contribution in [2.45, 2.75) is 12.4 Å². The molecule has 0 bridgehead atoms. The molecule has 3 N–H and O–H groups in total. The second-order valence-corrected chi connectivity index (χ2v) is 5.38. The van der Waals surface area contributed by atoms with Crippen LogP contribution in [-0.4, -0.2) is 17.4 Å². The maximum atomic E-state index is 9.00. The molecular weight excluding hydrogens is 284 g/mol. The minimum atomic E-state index is 0.0603. The van der Waals surface area contributed by atoms with Gasteiger partial charge in [0.05, 0.1) is 13.7 Å². The molecule has 2 aromatic rings. The third-order valence-corrected chi connectivity index (χ3v) is 3.77. The Balaban J connectivity index is 2.00. The first kappa shape index (κ1) is 15.4. The summed E-state index contributed by atoms with van der Waals surface area (Å²) in [6, 6.07) is 15.3. The molecule has 0 aromatic heterocycles. The molecule has 0 aliphatic heterocycles. The molecule has 0 spiro atoms. The van der Waals surface area contributed by atoms with Crippen molar-refractivity contribution in [1.29, 1.82) is 0 Å². The summed E-state index contributed by atoms with van der Waals surface area (Å²) in [6.07, 6.45) is 0. The number of aliphatic hydroxyl groups excluding tert-OH is 1. The Morgan fingerprint density at radius 3 is 2.48 bits per heavy atom. The second kappa shape index (κ2) is 7.71. The van der Waals surface area contributed by atoms with Gasteiger partial charge >= 0.3 is 0 Å². The fourth-order valence-corrected chi connectivity index (χ4v) is 2.44. The molecule has 0 saturated carbocycles. The molecule has 0 radical (unpaired) electrons. The van der Waals surface area contributed by atoms with Crippen LogP contribution in [0.5, 0.6) is 5.75 Å². The number of hydrogen-bond donors (Lipinski definition) is 2. The number of thioether (sulfide) groups is 1. The third-order valence-electron chi connectivity index (χ3n) is 2.91. The van der Waals surface area contributed by atoms with E-state index in [2.05, 4.69) is 4.99 Å². The summed E-state index contributed by atoms with van der Waals surface area (Å²) in [5, 5.41) is 9.50. The van der Waals surface area contributed by atoms with E-state index in [4.69, 9.17) is 15.6 Å². The van der Waals surface area contributed by atoms with Crippen molar-refractivity contribution in [3.63, 3.8) is 0 Å². The number of aliphatic hydroxyl groups is 1. The first-order valence-electron chi connectivity index (χ1n) is 6.51. The Labute approximate surface area is 128 Å². The highest BCUT2D eigenvalue weighted by molar-refractivity contribution is 8.13. The zero-order valence-electron chi connectivity index (χ0n) is 11.8. The zero-order valence-corrected chi connectivity index (χ0v) is 12.6. The normalized spacial score (nSPS) is 11.4. The van der Waals surface area contributed by atoms with Gasteiger partial charge in [0.15, 0.2) is 5.17 Å². The molecule has 0 fully saturated rings. The summed E-state index contributed by atoms with van der Waals surface area (Å²) in [5.41, 5.74) is 8.71. The number of nitrogens with two attached hydrogens (primary N) is 1. The van der Waals surface area contributed by atoms with Crippen molar-refractivity contribution in [3.05, 3.63) is 59.7 Å². The van der Waals surface area contributed by atoms with E-state index in [1.807, 2.05) is 48.5 Å². The number of methoxy groups -OCH3 is 1. The van der Waals surface area contributed by atoms with Gasteiger partial charge in [-0.3, -0.25) is 0 Å². The van der Waals surface area contributed by atoms with Crippen molar-refractivity contribution in [2.24, 2.45) is 10.7 Å². The van der Waals surface area contributed by atoms with Gasteiger partial charge in [-0.15, -0.1) is 0 Å². The number of rotatable bonds is 5. The van der Waals surface area contributed by atoms with E-state index in [-0.39, 0.29) is 6.61 Å². The molecule has 0 aliphatic carbocycles. The lowest BCUT2D eigenvalue weighted by Crippen LogP contribution is -2.06. The number of hydrogen-bond acceptors (Lipinski definition) is 4. The smallest absolute Gasteiger partial charge is 0.159 e. The van der Waals surface area contributed by atoms with E-state index in [1.165, 1.54) is 11.8 Å². The van der Waals surface area contributed by atoms with Crippen LogP contribution in [0.1, 0.15) is 11.1 Å². The van der Waals surface area contributed by atoms with E-state index in [0.29, 0.717) is 10.9 Å². The van der Waals surface area contributed by atoms with Gasteiger partial charge in [-0.2, -0.15) is 0 Å². The molecule has 0 atom stereocenters. The number of ether oxygens (including phenoxy) is 1. The van der Waals surface area contributed by atoms with Gasteiger partial charge in [-0.1, -0.05) is 48.2 Å². The summed E-state index contributed by atoms with van der Waals surface area (Å²) >= 11 is 1.47. The Bertz CT molecular complexity index is 612. The fourth-order valence-electron chi connectivity index (χ4n) is 1.77. The van der Waals surface area contributed by atoms with Crippen molar-refractivity contribution >= 4 is 22.6 Å². The first-order chi connectivity index (χ1) is 10.2. The lowest BCUT2D eigenvalue weighted by molar-refractivity contribution is 0.282. The zero-order chi connectivity index (χ0) is 15.1. The number of para-hydroxylation sites is 2. The van der Waals surface area contributed by atoms with E-state index in [9.17, 15) is 0 Å². The van der Waals surface area contributed by atoms with Crippen molar-refractivity contribution < 1.29 is 9.84 Å². The van der Waals surface area contributed by atoms with Crippen molar-refractivity contribution in [1.82, 2.24) is 0 Å². The molecule has 0 heterocycles. The van der Waals surface area contributed by atoms with Crippen LogP contribution in [0.2, 0.25) is 0 Å². The predicted molar refractivity (Wildman–Crippen MR) is 87.9 cm³/mol. The number of aliphatic imine (C=N–C) groups is 1. The van der Waals surface area contributed by atoms with Crippen LogP contribution >= 0.6 is 11.8 Å². The van der Waals surface area contributed by atoms with Gasteiger partial charge in [0.25, 0.3) is 0 Å². The molecule has 110 valence electrons. The third kappa shape index (κ3) is 4.51. The van der Waals surface area contributed by atoms with Gasteiger partial charge in [-0.25, -0.2) is 4.99 Å². The van der Waals surface area contributed by atoms with Crippen molar-refractivity contribution in [2.75, 3.05) is 7.11 Å². The molecule has 0 unspecified atom stereocenters. The highest BCUT2D eigenvalue weighted by Crippen LogP contribution is 2.27. The molecular formula is C16H18N2O2S. The van der Waals surface area contributed by atoms with Crippen LogP contribution in [0.15, 0.2) is 53.5 Å². The SMILES string of the molecule is COc1ccccc1N=C(N)SCc1ccc(CO)cc1. The number of amidine groups is 1. The summed E-state index contributed by atoms with van der Waals surface area (Å²) in [5.74, 6) is 1.43. The highest BCUT2D eigenvalue weighted by atomic mass is 32.2. The number of benzene rings is 2. The molecule has 2 rings (SSSR count). The second-order valence-electron chi connectivity index (χ2n) is 4.39. The quantitative estimate of drug-likeness (QED) is 0.658. The van der Waals surface area contributed by atoms with Gasteiger partial charge in [0, 0.05) is 5.75 Å². The van der Waals surface area contributed by atoms with E-state index in [0.717, 1.165) is 22.6 Å². The lowest BCUT2D eigenvalue weighted by atomic mass is 10.2. The van der Waals surface area contributed by atoms with Gasteiger partial charge in [-0.05, 0) is 23.3 Å². The van der Waals surface area contributed by atoms with Crippen LogP contribution < -0.4 is 10.5 Å². The Morgan fingerprint density at radius 2 is 1.81 bits per heavy atom. The minimum Gasteiger partial charge on any atom is -0.494 e. The Morgan fingerprint density at radius 1 is 1.14 bits per heavy atom. The van der Waals surface area contributed by atoms with Crippen LogP contribution in [0.25, 0.3) is 0 Å². The molecule has 0 saturated heterocycles. The highest BCUT2D eigenvalue weighted by Gasteiger charge is 2.02. The van der Waals surface area contributed by atoms with E-state index >= 15 is 0 Å². The van der Waals surface area contributed by atoms with Gasteiger partial charge in [0.2, 0.25) is 0 Å². The van der Waals surface area contributed by atoms with E-state index in [1.54, 1.807) is 7.11 Å². The topological polar surface area (TPSA) is 67.8 Å². The molecule has 0 amide bonds. The Kier molecular flexibility index (Phi) is 5.66. The minimum absolute atomic E-state index is 0.0603. The van der Waals surface area contributed by atoms with Gasteiger partial charge < -0.3 is 15.6 Å². The van der Waals surface area contributed by atoms with E-state index < -0.39 is 0 Å². The predicted octanol–water partition coefficient (Wildman–Crippen LogP) is 3.07. The molecule has 21 heavy (non-hydrogen) atoms. The first-order valence-corrected chi connectivity index (χ1v) is 7.50. The van der Waals surface area contributed by atoms with Crippen LogP contribution in [0.4, 0.5) is 5.69 Å². The standard InChI is InChI=1S/C16H18N2O2S/c1-20-15-5-3-2-4-14(15)18-16(17)21-11-13-8-6-12(10-19)7-9-13/h2-9,19H,10-11H2,1H3,(H2,17,18). The van der Waals surface area contributed by atoms with Crippen molar-refractivity contribution in [3.8, 4) is 5.75 Å². The van der Waals surface area contributed by atoms with Gasteiger partial charge in [0.1, 0.15) is 11.4 Å². The maximum absolute atomic E-state index is 9.00. The summed E-state index contributed by atoms with van der Waals surface area (Å²) in [6.45, 7) is 0.0603.